The van der Waals surface area contributed by atoms with Gasteiger partial charge in [0.2, 0.25) is 0 Å². The Balaban J connectivity index is 2.59. The summed E-state index contributed by atoms with van der Waals surface area (Å²) in [5.74, 6) is 0. The molecule has 20 heavy (non-hydrogen) atoms. The molecule has 0 atom stereocenters. The SMILES string of the molecule is CCNCC(CC)(CC)CN(C)CC1(N(C)C)CCC1. The van der Waals surface area contributed by atoms with Crippen LogP contribution in [0.3, 0.4) is 0 Å². The summed E-state index contributed by atoms with van der Waals surface area (Å²) in [6.45, 7) is 11.5. The van der Waals surface area contributed by atoms with Crippen LogP contribution < -0.4 is 5.32 Å². The van der Waals surface area contributed by atoms with E-state index in [-0.39, 0.29) is 0 Å². The minimum atomic E-state index is 0.433. The van der Waals surface area contributed by atoms with Gasteiger partial charge in [-0.2, -0.15) is 0 Å². The number of hydrogen-bond donors (Lipinski definition) is 1. The van der Waals surface area contributed by atoms with Crippen LogP contribution in [0.2, 0.25) is 0 Å². The van der Waals surface area contributed by atoms with Crippen molar-refractivity contribution in [1.82, 2.24) is 15.1 Å². The molecule has 0 unspecified atom stereocenters. The van der Waals surface area contributed by atoms with E-state index in [0.29, 0.717) is 11.0 Å². The van der Waals surface area contributed by atoms with Crippen molar-refractivity contribution in [2.45, 2.75) is 58.4 Å². The highest BCUT2D eigenvalue weighted by atomic mass is 15.2. The summed E-state index contributed by atoms with van der Waals surface area (Å²) in [5.41, 5.74) is 0.877. The second-order valence-electron chi connectivity index (χ2n) is 7.13. The molecule has 0 heterocycles. The molecule has 3 heteroatoms. The first-order chi connectivity index (χ1) is 9.43. The van der Waals surface area contributed by atoms with Gasteiger partial charge in [-0.05, 0) is 65.2 Å². The number of likely N-dealkylation sites (N-methyl/N-ethyl adjacent to an activating group) is 2. The second-order valence-corrected chi connectivity index (χ2v) is 7.13. The van der Waals surface area contributed by atoms with E-state index < -0.39 is 0 Å². The van der Waals surface area contributed by atoms with E-state index in [1.807, 2.05) is 0 Å². The Morgan fingerprint density at radius 3 is 2.00 bits per heavy atom. The van der Waals surface area contributed by atoms with Gasteiger partial charge in [0.1, 0.15) is 0 Å². The molecule has 0 aromatic carbocycles. The van der Waals surface area contributed by atoms with Crippen LogP contribution in [0.25, 0.3) is 0 Å². The quantitative estimate of drug-likeness (QED) is 0.665. The maximum absolute atomic E-state index is 3.57. The molecule has 0 bridgehead atoms. The lowest BCUT2D eigenvalue weighted by molar-refractivity contribution is 0.0143. The third-order valence-corrected chi connectivity index (χ3v) is 5.65. The second kappa shape index (κ2) is 7.77. The molecule has 0 spiro atoms. The molecule has 1 N–H and O–H groups in total. The predicted molar refractivity (Wildman–Crippen MR) is 89.3 cm³/mol. The third kappa shape index (κ3) is 4.19. The summed E-state index contributed by atoms with van der Waals surface area (Å²) >= 11 is 0. The molecule has 0 aliphatic heterocycles. The molecular formula is C17H37N3. The minimum Gasteiger partial charge on any atom is -0.316 e. The largest absolute Gasteiger partial charge is 0.316 e. The Morgan fingerprint density at radius 1 is 1.05 bits per heavy atom. The van der Waals surface area contributed by atoms with Crippen LogP contribution >= 0.6 is 0 Å². The van der Waals surface area contributed by atoms with E-state index in [1.165, 1.54) is 45.2 Å². The molecule has 1 fully saturated rings. The zero-order valence-electron chi connectivity index (χ0n) is 14.8. The van der Waals surface area contributed by atoms with Gasteiger partial charge in [0, 0.05) is 25.2 Å². The molecule has 0 aromatic rings. The Labute approximate surface area is 127 Å². The average molecular weight is 284 g/mol. The van der Waals surface area contributed by atoms with Gasteiger partial charge in [0.05, 0.1) is 0 Å². The highest BCUT2D eigenvalue weighted by Crippen LogP contribution is 2.37. The fraction of sp³-hybridized carbons (Fsp3) is 1.00. The van der Waals surface area contributed by atoms with Crippen LogP contribution in [-0.2, 0) is 0 Å². The maximum atomic E-state index is 3.57. The Morgan fingerprint density at radius 2 is 1.65 bits per heavy atom. The lowest BCUT2D eigenvalue weighted by Crippen LogP contribution is -2.58. The van der Waals surface area contributed by atoms with Crippen LogP contribution in [0.4, 0.5) is 0 Å². The maximum Gasteiger partial charge on any atom is 0.0330 e. The minimum absolute atomic E-state index is 0.433. The van der Waals surface area contributed by atoms with Crippen LogP contribution in [0.15, 0.2) is 0 Å². The fourth-order valence-corrected chi connectivity index (χ4v) is 3.63. The molecule has 1 saturated carbocycles. The number of rotatable bonds is 10. The first-order valence-electron chi connectivity index (χ1n) is 8.50. The van der Waals surface area contributed by atoms with Gasteiger partial charge < -0.3 is 15.1 Å². The normalized spacial score (nSPS) is 18.6. The van der Waals surface area contributed by atoms with E-state index in [1.54, 1.807) is 0 Å². The summed E-state index contributed by atoms with van der Waals surface area (Å²) in [6.07, 6.45) is 6.65. The number of hydrogen-bond acceptors (Lipinski definition) is 3. The summed E-state index contributed by atoms with van der Waals surface area (Å²) in [5, 5.41) is 3.57. The number of nitrogens with zero attached hydrogens (tertiary/aromatic N) is 2. The summed E-state index contributed by atoms with van der Waals surface area (Å²) in [7, 11) is 6.81. The van der Waals surface area contributed by atoms with Gasteiger partial charge in [-0.1, -0.05) is 20.8 Å². The lowest BCUT2D eigenvalue weighted by atomic mass is 9.74. The van der Waals surface area contributed by atoms with Crippen molar-refractivity contribution in [2.75, 3.05) is 47.3 Å². The summed E-state index contributed by atoms with van der Waals surface area (Å²) in [6, 6.07) is 0. The van der Waals surface area contributed by atoms with Crippen molar-refractivity contribution in [3.63, 3.8) is 0 Å². The molecule has 3 nitrogen and oxygen atoms in total. The Bertz CT molecular complexity index is 267. The summed E-state index contributed by atoms with van der Waals surface area (Å²) in [4.78, 5) is 5.04. The monoisotopic (exact) mass is 283 g/mol. The van der Waals surface area contributed by atoms with Gasteiger partial charge in [-0.15, -0.1) is 0 Å². The van der Waals surface area contributed by atoms with Crippen molar-refractivity contribution in [3.05, 3.63) is 0 Å². The van der Waals surface area contributed by atoms with Crippen LogP contribution in [0.5, 0.6) is 0 Å². The van der Waals surface area contributed by atoms with E-state index in [0.717, 1.165) is 13.1 Å². The van der Waals surface area contributed by atoms with Crippen molar-refractivity contribution < 1.29 is 0 Å². The lowest BCUT2D eigenvalue weighted by Gasteiger charge is -2.50. The fourth-order valence-electron chi connectivity index (χ4n) is 3.63. The summed E-state index contributed by atoms with van der Waals surface area (Å²) < 4.78 is 0. The zero-order valence-corrected chi connectivity index (χ0v) is 14.8. The predicted octanol–water partition coefficient (Wildman–Crippen LogP) is 2.82. The van der Waals surface area contributed by atoms with Crippen LogP contribution in [0, 0.1) is 5.41 Å². The van der Waals surface area contributed by atoms with Crippen molar-refractivity contribution in [1.29, 1.82) is 0 Å². The smallest absolute Gasteiger partial charge is 0.0330 e. The average Bonchev–Trinajstić information content (AvgIpc) is 2.38. The van der Waals surface area contributed by atoms with E-state index in [4.69, 9.17) is 0 Å². The van der Waals surface area contributed by atoms with E-state index >= 15 is 0 Å². The van der Waals surface area contributed by atoms with Gasteiger partial charge in [0.25, 0.3) is 0 Å². The van der Waals surface area contributed by atoms with Gasteiger partial charge >= 0.3 is 0 Å². The Kier molecular flexibility index (Phi) is 6.96. The van der Waals surface area contributed by atoms with Crippen molar-refractivity contribution in [2.24, 2.45) is 5.41 Å². The molecule has 0 aromatic heterocycles. The zero-order chi connectivity index (χ0) is 15.2. The first kappa shape index (κ1) is 17.9. The molecule has 1 aliphatic rings. The van der Waals surface area contributed by atoms with E-state index in [2.05, 4.69) is 57.0 Å². The molecule has 0 saturated heterocycles. The molecular weight excluding hydrogens is 246 g/mol. The molecule has 1 aliphatic carbocycles. The molecule has 120 valence electrons. The van der Waals surface area contributed by atoms with Gasteiger partial charge in [-0.3, -0.25) is 0 Å². The van der Waals surface area contributed by atoms with Crippen molar-refractivity contribution in [3.8, 4) is 0 Å². The van der Waals surface area contributed by atoms with Crippen LogP contribution in [-0.4, -0.2) is 62.7 Å². The molecule has 1 rings (SSSR count). The van der Waals surface area contributed by atoms with Gasteiger partial charge in [-0.25, -0.2) is 0 Å². The first-order valence-corrected chi connectivity index (χ1v) is 8.50. The standard InChI is InChI=1S/C17H37N3/c1-7-16(8-2,13-18-9-3)14-20(6)15-17(19(4)5)11-10-12-17/h18H,7-15H2,1-6H3. The molecule has 0 amide bonds. The van der Waals surface area contributed by atoms with Crippen molar-refractivity contribution >= 4 is 0 Å². The third-order valence-electron chi connectivity index (χ3n) is 5.65. The van der Waals surface area contributed by atoms with Gasteiger partial charge in [0.15, 0.2) is 0 Å². The molecule has 0 radical (unpaired) electrons. The Hall–Kier alpha value is -0.120. The topological polar surface area (TPSA) is 18.5 Å². The number of nitrogens with one attached hydrogen (secondary N) is 1. The van der Waals surface area contributed by atoms with Crippen LogP contribution in [0.1, 0.15) is 52.9 Å². The van der Waals surface area contributed by atoms with E-state index in [9.17, 15) is 0 Å². The highest BCUT2D eigenvalue weighted by molar-refractivity contribution is 4.98. The highest BCUT2D eigenvalue weighted by Gasteiger charge is 2.40.